The van der Waals surface area contributed by atoms with Gasteiger partial charge in [0.05, 0.1) is 6.61 Å². The summed E-state index contributed by atoms with van der Waals surface area (Å²) in [5, 5.41) is 12.5. The van der Waals surface area contributed by atoms with Gasteiger partial charge >= 0.3 is 5.97 Å². The summed E-state index contributed by atoms with van der Waals surface area (Å²) in [4.78, 5) is 22.9. The molecule has 1 rings (SSSR count). The van der Waals surface area contributed by atoms with Crippen molar-refractivity contribution in [1.82, 2.24) is 0 Å². The van der Waals surface area contributed by atoms with Gasteiger partial charge in [-0.05, 0) is 19.1 Å². The van der Waals surface area contributed by atoms with Gasteiger partial charge in [-0.2, -0.15) is 0 Å². The van der Waals surface area contributed by atoms with E-state index in [1.165, 1.54) is 6.92 Å². The second-order valence-electron chi connectivity index (χ2n) is 3.85. The van der Waals surface area contributed by atoms with Gasteiger partial charge in [-0.25, -0.2) is 4.79 Å². The van der Waals surface area contributed by atoms with Gasteiger partial charge in [-0.3, -0.25) is 4.79 Å². The number of hydrogen-bond donors (Lipinski definition) is 0. The van der Waals surface area contributed by atoms with Crippen molar-refractivity contribution in [2.45, 2.75) is 20.0 Å². The Hall–Kier alpha value is -1.39. The molecular weight excluding hydrogens is 256 g/mol. The van der Waals surface area contributed by atoms with Crippen LogP contribution in [0.15, 0.2) is 24.3 Å². The Bertz CT molecular complexity index is 427. The number of carbonyl (C=O) groups excluding carboxylic acids is 2. The number of rotatable bonds is 5. The Morgan fingerprint density at radius 1 is 1.33 bits per heavy atom. The summed E-state index contributed by atoms with van der Waals surface area (Å²) >= 11 is 5.71. The van der Waals surface area contributed by atoms with Gasteiger partial charge in [0.1, 0.15) is 0 Å². The van der Waals surface area contributed by atoms with Gasteiger partial charge in [0.25, 0.3) is 0 Å². The molecule has 0 spiro atoms. The number of benzene rings is 1. The van der Waals surface area contributed by atoms with E-state index in [0.717, 1.165) is 0 Å². The number of hydrogen-bond acceptors (Lipinski definition) is 4. The fraction of sp³-hybridized carbons (Fsp3) is 0.385. The molecule has 0 aliphatic rings. The molecule has 0 aromatic heterocycles. The number of Topliss-reactive ketones (excluding diaryl/α,β-unsaturated/α-hetero) is 1. The molecule has 0 saturated carbocycles. The summed E-state index contributed by atoms with van der Waals surface area (Å²) in [6.07, 6.45) is -1.31. The number of halogens is 1. The van der Waals surface area contributed by atoms with Crippen molar-refractivity contribution in [2.24, 2.45) is 5.92 Å². The average molecular weight is 270 g/mol. The first-order valence-electron chi connectivity index (χ1n) is 5.59. The Morgan fingerprint density at radius 2 is 1.89 bits per heavy atom. The van der Waals surface area contributed by atoms with E-state index in [1.807, 2.05) is 0 Å². The second kappa shape index (κ2) is 6.52. The van der Waals surface area contributed by atoms with Crippen molar-refractivity contribution < 1.29 is 19.4 Å². The van der Waals surface area contributed by atoms with Crippen LogP contribution in [-0.4, -0.2) is 18.4 Å². The second-order valence-corrected chi connectivity index (χ2v) is 4.28. The maximum absolute atomic E-state index is 12.0. The molecule has 1 aromatic rings. The Balaban J connectivity index is 2.77. The van der Waals surface area contributed by atoms with Crippen molar-refractivity contribution in [3.05, 3.63) is 34.9 Å². The van der Waals surface area contributed by atoms with E-state index in [0.29, 0.717) is 10.6 Å². The van der Waals surface area contributed by atoms with Crippen molar-refractivity contribution in [3.63, 3.8) is 0 Å². The third-order valence-electron chi connectivity index (χ3n) is 2.54. The van der Waals surface area contributed by atoms with Crippen LogP contribution < -0.4 is 5.11 Å². The van der Waals surface area contributed by atoms with Gasteiger partial charge in [-0.1, -0.05) is 42.3 Å². The minimum atomic E-state index is -1.31. The highest BCUT2D eigenvalue weighted by Crippen LogP contribution is 2.21. The fourth-order valence-electron chi connectivity index (χ4n) is 1.47. The van der Waals surface area contributed by atoms with E-state index in [9.17, 15) is 14.7 Å². The smallest absolute Gasteiger partial charge is 0.374 e. The van der Waals surface area contributed by atoms with Crippen molar-refractivity contribution in [1.29, 1.82) is 0 Å². The summed E-state index contributed by atoms with van der Waals surface area (Å²) in [5.41, 5.74) is 0.421. The maximum Gasteiger partial charge on any atom is 0.374 e. The lowest BCUT2D eigenvalue weighted by Crippen LogP contribution is -2.34. The van der Waals surface area contributed by atoms with Gasteiger partial charge in [0.2, 0.25) is 5.78 Å². The van der Waals surface area contributed by atoms with E-state index in [4.69, 9.17) is 11.6 Å². The van der Waals surface area contributed by atoms with Gasteiger partial charge in [0.15, 0.2) is 0 Å². The molecule has 0 N–H and O–H groups in total. The number of ether oxygens (including phenoxy) is 1. The summed E-state index contributed by atoms with van der Waals surface area (Å²) < 4.78 is 4.58. The SMILES string of the molecule is CCOC(=O)C(=O)C(C)C([O-])c1ccc(Cl)cc1. The van der Waals surface area contributed by atoms with Crippen LogP contribution in [0.2, 0.25) is 5.02 Å². The molecule has 0 aliphatic carbocycles. The van der Waals surface area contributed by atoms with Crippen LogP contribution in [0.4, 0.5) is 0 Å². The first-order chi connectivity index (χ1) is 8.47. The van der Waals surface area contributed by atoms with Crippen LogP contribution in [0.3, 0.4) is 0 Å². The molecule has 2 atom stereocenters. The fourth-order valence-corrected chi connectivity index (χ4v) is 1.59. The number of carbonyl (C=O) groups is 2. The highest BCUT2D eigenvalue weighted by atomic mass is 35.5. The van der Waals surface area contributed by atoms with Gasteiger partial charge in [-0.15, -0.1) is 0 Å². The zero-order chi connectivity index (χ0) is 13.7. The molecule has 0 bridgehead atoms. The monoisotopic (exact) mass is 269 g/mol. The van der Waals surface area contributed by atoms with E-state index >= 15 is 0 Å². The van der Waals surface area contributed by atoms with Crippen LogP contribution in [-0.2, 0) is 14.3 Å². The van der Waals surface area contributed by atoms with Gasteiger partial charge < -0.3 is 9.84 Å². The molecule has 0 saturated heterocycles. The zero-order valence-electron chi connectivity index (χ0n) is 10.2. The van der Waals surface area contributed by atoms with E-state index < -0.39 is 23.8 Å². The van der Waals surface area contributed by atoms with Crippen LogP contribution in [0.25, 0.3) is 0 Å². The quantitative estimate of drug-likeness (QED) is 0.600. The van der Waals surface area contributed by atoms with Crippen molar-refractivity contribution in [2.75, 3.05) is 6.61 Å². The van der Waals surface area contributed by atoms with E-state index in [2.05, 4.69) is 4.74 Å². The zero-order valence-corrected chi connectivity index (χ0v) is 10.9. The number of ketones is 1. The summed E-state index contributed by atoms with van der Waals surface area (Å²) in [7, 11) is 0. The molecule has 5 heteroatoms. The standard InChI is InChI=1S/C13H14ClO4/c1-3-18-13(17)12(16)8(2)11(15)9-4-6-10(14)7-5-9/h4-8,11H,3H2,1-2H3/q-1. The molecule has 2 unspecified atom stereocenters. The molecule has 98 valence electrons. The lowest BCUT2D eigenvalue weighted by molar-refractivity contribution is -0.435. The Labute approximate surface area is 111 Å². The molecule has 0 heterocycles. The predicted molar refractivity (Wildman–Crippen MR) is 65.0 cm³/mol. The molecule has 0 aliphatic heterocycles. The maximum atomic E-state index is 12.0. The largest absolute Gasteiger partial charge is 0.848 e. The first kappa shape index (κ1) is 14.7. The molecule has 4 nitrogen and oxygen atoms in total. The normalized spacial score (nSPS) is 13.8. The highest BCUT2D eigenvalue weighted by molar-refractivity contribution is 6.34. The highest BCUT2D eigenvalue weighted by Gasteiger charge is 2.24. The Kier molecular flexibility index (Phi) is 5.31. The van der Waals surface area contributed by atoms with Crippen molar-refractivity contribution in [3.8, 4) is 0 Å². The molecule has 0 amide bonds. The number of esters is 1. The van der Waals surface area contributed by atoms with Crippen LogP contribution in [0.1, 0.15) is 25.5 Å². The van der Waals surface area contributed by atoms with Crippen molar-refractivity contribution >= 4 is 23.4 Å². The third-order valence-corrected chi connectivity index (χ3v) is 2.79. The summed E-state index contributed by atoms with van der Waals surface area (Å²) in [5.74, 6) is -2.73. The summed E-state index contributed by atoms with van der Waals surface area (Å²) in [6.45, 7) is 3.14. The third kappa shape index (κ3) is 3.55. The minimum Gasteiger partial charge on any atom is -0.848 e. The molecule has 18 heavy (non-hydrogen) atoms. The van der Waals surface area contributed by atoms with E-state index in [-0.39, 0.29) is 6.61 Å². The molecule has 0 radical (unpaired) electrons. The topological polar surface area (TPSA) is 66.4 Å². The van der Waals surface area contributed by atoms with Gasteiger partial charge in [0, 0.05) is 10.9 Å². The molecular formula is C13H14ClO4-. The minimum absolute atomic E-state index is 0.113. The Morgan fingerprint density at radius 3 is 2.39 bits per heavy atom. The average Bonchev–Trinajstić information content (AvgIpc) is 2.37. The lowest BCUT2D eigenvalue weighted by Gasteiger charge is -2.28. The first-order valence-corrected chi connectivity index (χ1v) is 5.97. The summed E-state index contributed by atoms with van der Waals surface area (Å²) in [6, 6.07) is 6.25. The molecule has 1 aromatic carbocycles. The molecule has 0 fully saturated rings. The predicted octanol–water partition coefficient (Wildman–Crippen LogP) is 1.51. The van der Waals surface area contributed by atoms with Crippen LogP contribution >= 0.6 is 11.6 Å². The van der Waals surface area contributed by atoms with Crippen LogP contribution in [0.5, 0.6) is 0 Å². The van der Waals surface area contributed by atoms with Crippen LogP contribution in [0, 0.1) is 5.92 Å². The van der Waals surface area contributed by atoms with E-state index in [1.54, 1.807) is 31.2 Å². The lowest BCUT2D eigenvalue weighted by atomic mass is 9.94.